The molecule has 2 aliphatic heterocycles. The number of unbranched alkanes of at least 4 members (excludes halogenated alkanes) is 11. The highest BCUT2D eigenvalue weighted by Crippen LogP contribution is 2.43. The van der Waals surface area contributed by atoms with Crippen molar-refractivity contribution in [2.75, 3.05) is 46.3 Å². The summed E-state index contributed by atoms with van der Waals surface area (Å²) < 4.78 is 44.9. The van der Waals surface area contributed by atoms with Crippen LogP contribution in [0.1, 0.15) is 142 Å². The summed E-state index contributed by atoms with van der Waals surface area (Å²) in [5.41, 5.74) is 2.42. The van der Waals surface area contributed by atoms with E-state index in [1.807, 2.05) is 65.6 Å². The molecule has 8 atom stereocenters. The normalized spacial score (nSPS) is 24.7. The Morgan fingerprint density at radius 3 is 1.59 bits per heavy atom. The summed E-state index contributed by atoms with van der Waals surface area (Å²) in [6, 6.07) is 22.5. The van der Waals surface area contributed by atoms with Gasteiger partial charge in [-0.05, 0) is 55.1 Å². The number of halogens is 3. The number of carbonyl (C=O) groups is 4. The molecule has 10 nitrogen and oxygen atoms in total. The summed E-state index contributed by atoms with van der Waals surface area (Å²) in [6.45, 7) is 3.06. The Hall–Kier alpha value is -4.75. The number of likely N-dealkylation sites (N-methyl/N-ethyl adjacent to an activating group) is 1. The van der Waals surface area contributed by atoms with Crippen LogP contribution in [0.15, 0.2) is 84.9 Å². The van der Waals surface area contributed by atoms with Gasteiger partial charge in [0.25, 0.3) is 5.91 Å². The van der Waals surface area contributed by atoms with E-state index in [1.54, 1.807) is 7.05 Å². The number of carbonyl (C=O) groups excluding carboxylic acids is 4. The van der Waals surface area contributed by atoms with Crippen LogP contribution in [0.3, 0.4) is 0 Å². The predicted molar refractivity (Wildman–Crippen MR) is 252 cm³/mol. The van der Waals surface area contributed by atoms with Crippen molar-refractivity contribution in [1.82, 2.24) is 30.7 Å². The fraction of sp³-hybridized carbons (Fsp3) is 0.585. The molecule has 0 aromatic heterocycles. The van der Waals surface area contributed by atoms with Gasteiger partial charge in [0, 0.05) is 68.8 Å². The van der Waals surface area contributed by atoms with E-state index >= 15 is 0 Å². The Balaban J connectivity index is 0.932. The van der Waals surface area contributed by atoms with Crippen LogP contribution < -0.4 is 16.0 Å². The largest absolute Gasteiger partial charge is 0.408 e. The van der Waals surface area contributed by atoms with Crippen molar-refractivity contribution in [2.24, 2.45) is 11.8 Å². The monoisotopic (exact) mass is 913 g/mol. The average Bonchev–Trinajstić information content (AvgIpc) is 4.23. The molecule has 358 valence electrons. The highest BCUT2D eigenvalue weighted by Gasteiger charge is 2.50. The van der Waals surface area contributed by atoms with Gasteiger partial charge in [-0.3, -0.25) is 29.0 Å². The van der Waals surface area contributed by atoms with E-state index in [9.17, 15) is 32.3 Å². The fourth-order valence-corrected chi connectivity index (χ4v) is 10.2. The minimum atomic E-state index is -4.64. The maximum absolute atomic E-state index is 15.0. The molecule has 66 heavy (non-hydrogen) atoms. The molecular formula is C53H71F3N6O4. The molecule has 3 unspecified atom stereocenters. The second kappa shape index (κ2) is 23.3. The van der Waals surface area contributed by atoms with Gasteiger partial charge in [-0.15, -0.1) is 0 Å². The zero-order valence-electron chi connectivity index (χ0n) is 39.0. The van der Waals surface area contributed by atoms with Crippen LogP contribution in [0.4, 0.5) is 13.2 Å². The number of piperazine rings is 1. The molecule has 2 aliphatic carbocycles. The van der Waals surface area contributed by atoms with Gasteiger partial charge in [-0.2, -0.15) is 13.2 Å². The van der Waals surface area contributed by atoms with E-state index in [2.05, 4.69) is 22.9 Å². The van der Waals surface area contributed by atoms with Crippen LogP contribution in [0.5, 0.6) is 0 Å². The molecule has 0 radical (unpaired) electrons. The van der Waals surface area contributed by atoms with Crippen molar-refractivity contribution in [3.8, 4) is 0 Å². The number of nitrogens with one attached hydrogen (secondary N) is 3. The van der Waals surface area contributed by atoms with Gasteiger partial charge < -0.3 is 20.9 Å². The average molecular weight is 913 g/mol. The number of hydrogen-bond donors (Lipinski definition) is 3. The summed E-state index contributed by atoms with van der Waals surface area (Å²) in [4.78, 5) is 59.9. The number of likely N-dealkylation sites (tertiary alicyclic amines) is 1. The molecule has 2 saturated carbocycles. The number of nitrogens with zero attached hydrogens (tertiary/aromatic N) is 3. The first kappa shape index (κ1) is 49.2. The van der Waals surface area contributed by atoms with Gasteiger partial charge >= 0.3 is 6.18 Å². The Labute approximate surface area is 389 Å². The van der Waals surface area contributed by atoms with Crippen molar-refractivity contribution in [2.45, 2.75) is 139 Å². The molecule has 0 spiro atoms. The summed E-state index contributed by atoms with van der Waals surface area (Å²) in [7, 11) is 1.77. The molecule has 2 saturated heterocycles. The van der Waals surface area contributed by atoms with Crippen molar-refractivity contribution in [3.05, 3.63) is 107 Å². The van der Waals surface area contributed by atoms with Gasteiger partial charge in [0.2, 0.25) is 17.7 Å². The van der Waals surface area contributed by atoms with E-state index in [0.29, 0.717) is 13.1 Å². The number of amides is 4. The van der Waals surface area contributed by atoms with Crippen molar-refractivity contribution >= 4 is 23.6 Å². The second-order valence-electron chi connectivity index (χ2n) is 19.4. The quantitative estimate of drug-likeness (QED) is 0.0821. The molecule has 4 fully saturated rings. The van der Waals surface area contributed by atoms with E-state index in [-0.39, 0.29) is 78.9 Å². The minimum Gasteiger partial charge on any atom is -0.355 e. The standard InChI is InChI=1S/C53H71F3N6O4/c1-3-4-5-6-7-8-9-10-11-12-13-20-29-57-51(65)47-36-61(31-30-60(47)2)48(53(54,55)56)39-25-27-40(28-26-39)52(66)62-34-43(49(63)58-45-32-41(45)37-21-16-14-17-22-37)44(35-62)50(64)59-46-33-42(46)38-23-18-15-19-24-38/h14-19,21-28,41-48H,3-13,20,29-36H2,1-2H3,(H,57,65)(H,58,63)(H,59,64)/t41-,42-,43?,44?,45+,46+,47-,48?/m1/s1. The summed E-state index contributed by atoms with van der Waals surface area (Å²) in [6.07, 6.45) is 11.4. The zero-order chi connectivity index (χ0) is 46.6. The van der Waals surface area contributed by atoms with Gasteiger partial charge in [0.05, 0.1) is 11.8 Å². The number of hydrogen-bond acceptors (Lipinski definition) is 6. The molecule has 2 heterocycles. The van der Waals surface area contributed by atoms with Crippen LogP contribution in [0.2, 0.25) is 0 Å². The molecular weight excluding hydrogens is 842 g/mol. The van der Waals surface area contributed by atoms with Crippen LogP contribution in [0.25, 0.3) is 0 Å². The first-order valence-corrected chi connectivity index (χ1v) is 24.8. The molecule has 13 heteroatoms. The van der Waals surface area contributed by atoms with Gasteiger partial charge in [0.1, 0.15) is 12.1 Å². The molecule has 3 aromatic carbocycles. The molecule has 4 amide bonds. The summed E-state index contributed by atoms with van der Waals surface area (Å²) in [5, 5.41) is 9.27. The Morgan fingerprint density at radius 2 is 1.11 bits per heavy atom. The second-order valence-corrected chi connectivity index (χ2v) is 19.4. The predicted octanol–water partition coefficient (Wildman–Crippen LogP) is 8.76. The third-order valence-electron chi connectivity index (χ3n) is 14.4. The maximum atomic E-state index is 15.0. The lowest BCUT2D eigenvalue weighted by molar-refractivity contribution is -0.193. The highest BCUT2D eigenvalue weighted by molar-refractivity contribution is 5.97. The third-order valence-corrected chi connectivity index (χ3v) is 14.4. The van der Waals surface area contributed by atoms with Crippen LogP contribution in [-0.4, -0.2) is 109 Å². The minimum absolute atomic E-state index is 0.00917. The Morgan fingerprint density at radius 1 is 0.621 bits per heavy atom. The molecule has 0 bridgehead atoms. The van der Waals surface area contributed by atoms with Gasteiger partial charge in [-0.1, -0.05) is 150 Å². The Kier molecular flexibility index (Phi) is 17.4. The number of alkyl halides is 3. The topological polar surface area (TPSA) is 114 Å². The van der Waals surface area contributed by atoms with Crippen molar-refractivity contribution < 1.29 is 32.3 Å². The van der Waals surface area contributed by atoms with Crippen molar-refractivity contribution in [3.63, 3.8) is 0 Å². The van der Waals surface area contributed by atoms with Gasteiger partial charge in [-0.25, -0.2) is 0 Å². The molecule has 3 aromatic rings. The van der Waals surface area contributed by atoms with E-state index in [1.165, 1.54) is 91.9 Å². The summed E-state index contributed by atoms with van der Waals surface area (Å²) >= 11 is 0. The summed E-state index contributed by atoms with van der Waals surface area (Å²) in [5.74, 6) is -2.50. The molecule has 4 aliphatic rings. The van der Waals surface area contributed by atoms with Crippen LogP contribution >= 0.6 is 0 Å². The fourth-order valence-electron chi connectivity index (χ4n) is 10.2. The molecule has 3 N–H and O–H groups in total. The lowest BCUT2D eigenvalue weighted by Crippen LogP contribution is -2.59. The maximum Gasteiger partial charge on any atom is 0.408 e. The third kappa shape index (κ3) is 13.2. The zero-order valence-corrected chi connectivity index (χ0v) is 39.0. The van der Waals surface area contributed by atoms with Crippen molar-refractivity contribution in [1.29, 1.82) is 0 Å². The molecule has 7 rings (SSSR count). The van der Waals surface area contributed by atoms with Crippen LogP contribution in [-0.2, 0) is 14.4 Å². The SMILES string of the molecule is CCCCCCCCCCCCCCNC(=O)[C@H]1CN(C(c2ccc(C(=O)N3CC(C(=O)N[C@H]4C[C@@H]4c4ccccc4)C(C(=O)N[C@H]4C[C@@H]4c4ccccc4)C3)cc2)C(F)(F)F)CCN1C. The first-order valence-electron chi connectivity index (χ1n) is 24.8. The highest BCUT2D eigenvalue weighted by atomic mass is 19.4. The van der Waals surface area contributed by atoms with E-state index in [4.69, 9.17) is 0 Å². The Bertz CT molecular complexity index is 1960. The van der Waals surface area contributed by atoms with E-state index in [0.717, 1.165) is 43.2 Å². The smallest absolute Gasteiger partial charge is 0.355 e. The first-order chi connectivity index (χ1) is 31.9. The van der Waals surface area contributed by atoms with Gasteiger partial charge in [0.15, 0.2) is 0 Å². The number of rotatable bonds is 23. The van der Waals surface area contributed by atoms with Crippen LogP contribution in [0, 0.1) is 11.8 Å². The van der Waals surface area contributed by atoms with E-state index < -0.39 is 36.0 Å². The lowest BCUT2D eigenvalue weighted by atomic mass is 9.94. The number of benzene rings is 3. The lowest BCUT2D eigenvalue weighted by Gasteiger charge is -2.42.